The highest BCUT2D eigenvalue weighted by Crippen LogP contribution is 2.26. The summed E-state index contributed by atoms with van der Waals surface area (Å²) in [6.45, 7) is 1.69. The molecule has 0 radical (unpaired) electrons. The van der Waals surface area contributed by atoms with Crippen molar-refractivity contribution in [2.24, 2.45) is 0 Å². The van der Waals surface area contributed by atoms with Crippen molar-refractivity contribution in [2.45, 2.75) is 6.42 Å². The molecule has 108 valence electrons. The van der Waals surface area contributed by atoms with E-state index in [1.807, 2.05) is 47.4 Å². The Kier molecular flexibility index (Phi) is 3.07. The SMILES string of the molecule is O=C(c1cc(-c2cccnc2)nc2ccccc12)N1CCC1. The van der Waals surface area contributed by atoms with Crippen LogP contribution in [-0.4, -0.2) is 33.9 Å². The number of aromatic nitrogens is 2. The number of pyridine rings is 2. The summed E-state index contributed by atoms with van der Waals surface area (Å²) in [5.74, 6) is 0.0926. The number of para-hydroxylation sites is 1. The van der Waals surface area contributed by atoms with Crippen LogP contribution in [0, 0.1) is 0 Å². The second kappa shape index (κ2) is 5.22. The lowest BCUT2D eigenvalue weighted by Gasteiger charge is -2.31. The zero-order valence-electron chi connectivity index (χ0n) is 12.1. The number of nitrogens with zero attached hydrogens (tertiary/aromatic N) is 3. The summed E-state index contributed by atoms with van der Waals surface area (Å²) in [7, 11) is 0. The number of carbonyl (C=O) groups is 1. The monoisotopic (exact) mass is 289 g/mol. The number of amides is 1. The maximum absolute atomic E-state index is 12.7. The van der Waals surface area contributed by atoms with E-state index >= 15 is 0 Å². The Hall–Kier alpha value is -2.75. The molecule has 1 saturated heterocycles. The molecule has 3 aromatic rings. The highest BCUT2D eigenvalue weighted by atomic mass is 16.2. The van der Waals surface area contributed by atoms with E-state index in [1.54, 1.807) is 12.4 Å². The fraction of sp³-hybridized carbons (Fsp3) is 0.167. The van der Waals surface area contributed by atoms with Crippen molar-refractivity contribution in [2.75, 3.05) is 13.1 Å². The number of benzene rings is 1. The normalized spacial score (nSPS) is 13.9. The molecule has 0 spiro atoms. The van der Waals surface area contributed by atoms with Gasteiger partial charge in [-0.3, -0.25) is 9.78 Å². The Labute approximate surface area is 128 Å². The Morgan fingerprint density at radius 1 is 1.09 bits per heavy atom. The first kappa shape index (κ1) is 13.0. The molecule has 2 aromatic heterocycles. The third-order valence-corrected chi connectivity index (χ3v) is 4.05. The average Bonchev–Trinajstić information content (AvgIpc) is 2.53. The molecule has 4 nitrogen and oxygen atoms in total. The van der Waals surface area contributed by atoms with E-state index in [1.165, 1.54) is 0 Å². The highest BCUT2D eigenvalue weighted by molar-refractivity contribution is 6.07. The number of hydrogen-bond acceptors (Lipinski definition) is 3. The molecule has 22 heavy (non-hydrogen) atoms. The predicted octanol–water partition coefficient (Wildman–Crippen LogP) is 3.14. The minimum atomic E-state index is 0.0926. The number of fused-ring (bicyclic) bond motifs is 1. The lowest BCUT2D eigenvalue weighted by Crippen LogP contribution is -2.42. The molecule has 1 aliphatic rings. The van der Waals surface area contributed by atoms with Gasteiger partial charge in [-0.25, -0.2) is 4.98 Å². The first-order valence-electron chi connectivity index (χ1n) is 7.42. The number of likely N-dealkylation sites (tertiary alicyclic amines) is 1. The van der Waals surface area contributed by atoms with Crippen LogP contribution in [0.5, 0.6) is 0 Å². The molecule has 1 amide bonds. The van der Waals surface area contributed by atoms with Crippen LogP contribution < -0.4 is 0 Å². The van der Waals surface area contributed by atoms with Crippen molar-refractivity contribution in [1.82, 2.24) is 14.9 Å². The van der Waals surface area contributed by atoms with Gasteiger partial charge < -0.3 is 4.90 Å². The predicted molar refractivity (Wildman–Crippen MR) is 85.5 cm³/mol. The molecule has 0 atom stereocenters. The van der Waals surface area contributed by atoms with Gasteiger partial charge in [0.15, 0.2) is 0 Å². The molecule has 4 heteroatoms. The van der Waals surface area contributed by atoms with Gasteiger partial charge in [0.05, 0.1) is 16.8 Å². The number of carbonyl (C=O) groups excluding carboxylic acids is 1. The lowest BCUT2D eigenvalue weighted by molar-refractivity contribution is 0.0654. The van der Waals surface area contributed by atoms with Gasteiger partial charge in [-0.1, -0.05) is 18.2 Å². The first-order chi connectivity index (χ1) is 10.8. The summed E-state index contributed by atoms with van der Waals surface area (Å²) in [6.07, 6.45) is 4.59. The summed E-state index contributed by atoms with van der Waals surface area (Å²) >= 11 is 0. The third kappa shape index (κ3) is 2.13. The quantitative estimate of drug-likeness (QED) is 0.728. The molecule has 0 bridgehead atoms. The summed E-state index contributed by atoms with van der Waals surface area (Å²) in [4.78, 5) is 23.4. The zero-order chi connectivity index (χ0) is 14.9. The molecule has 4 rings (SSSR count). The Morgan fingerprint density at radius 3 is 2.68 bits per heavy atom. The smallest absolute Gasteiger partial charge is 0.254 e. The first-order valence-corrected chi connectivity index (χ1v) is 7.42. The van der Waals surface area contributed by atoms with Crippen molar-refractivity contribution >= 4 is 16.8 Å². The fourth-order valence-electron chi connectivity index (χ4n) is 2.70. The summed E-state index contributed by atoms with van der Waals surface area (Å²) < 4.78 is 0. The highest BCUT2D eigenvalue weighted by Gasteiger charge is 2.24. The summed E-state index contributed by atoms with van der Waals surface area (Å²) in [5, 5.41) is 0.909. The molecular weight excluding hydrogens is 274 g/mol. The molecule has 0 aliphatic carbocycles. The van der Waals surface area contributed by atoms with Crippen LogP contribution in [0.4, 0.5) is 0 Å². The van der Waals surface area contributed by atoms with Gasteiger partial charge in [-0.05, 0) is 30.7 Å². The maximum atomic E-state index is 12.7. The van der Waals surface area contributed by atoms with E-state index in [9.17, 15) is 4.79 Å². The standard InChI is InChI=1S/C18H15N3O/c22-18(21-9-4-10-21)15-11-17(13-5-3-8-19-12-13)20-16-7-2-1-6-14(15)16/h1-3,5-8,11-12H,4,9-10H2. The van der Waals surface area contributed by atoms with Crippen LogP contribution in [0.25, 0.3) is 22.2 Å². The molecule has 1 fully saturated rings. The molecule has 0 saturated carbocycles. The van der Waals surface area contributed by atoms with Crippen molar-refractivity contribution in [3.63, 3.8) is 0 Å². The minimum Gasteiger partial charge on any atom is -0.338 e. The van der Waals surface area contributed by atoms with Crippen LogP contribution in [0.15, 0.2) is 54.9 Å². The molecule has 0 unspecified atom stereocenters. The van der Waals surface area contributed by atoms with Crippen LogP contribution in [0.2, 0.25) is 0 Å². The van der Waals surface area contributed by atoms with Crippen LogP contribution >= 0.6 is 0 Å². The van der Waals surface area contributed by atoms with E-state index in [-0.39, 0.29) is 5.91 Å². The second-order valence-corrected chi connectivity index (χ2v) is 5.46. The Bertz CT molecular complexity index is 841. The fourth-order valence-corrected chi connectivity index (χ4v) is 2.70. The van der Waals surface area contributed by atoms with Gasteiger partial charge in [-0.15, -0.1) is 0 Å². The number of rotatable bonds is 2. The van der Waals surface area contributed by atoms with Gasteiger partial charge >= 0.3 is 0 Å². The number of hydrogen-bond donors (Lipinski definition) is 0. The second-order valence-electron chi connectivity index (χ2n) is 5.46. The van der Waals surface area contributed by atoms with Crippen LogP contribution in [-0.2, 0) is 0 Å². The maximum Gasteiger partial charge on any atom is 0.254 e. The van der Waals surface area contributed by atoms with E-state index in [0.29, 0.717) is 0 Å². The molecule has 0 N–H and O–H groups in total. The van der Waals surface area contributed by atoms with E-state index in [0.717, 1.165) is 47.2 Å². The molecule has 3 heterocycles. The molecule has 1 aromatic carbocycles. The van der Waals surface area contributed by atoms with Crippen molar-refractivity contribution in [3.05, 3.63) is 60.4 Å². The van der Waals surface area contributed by atoms with Gasteiger partial charge in [0.1, 0.15) is 0 Å². The van der Waals surface area contributed by atoms with Gasteiger partial charge in [0.25, 0.3) is 5.91 Å². The molecular formula is C18H15N3O. The van der Waals surface area contributed by atoms with E-state index < -0.39 is 0 Å². The van der Waals surface area contributed by atoms with Gasteiger partial charge in [0.2, 0.25) is 0 Å². The van der Waals surface area contributed by atoms with Crippen molar-refractivity contribution < 1.29 is 4.79 Å². The lowest BCUT2D eigenvalue weighted by atomic mass is 10.0. The van der Waals surface area contributed by atoms with Crippen LogP contribution in [0.3, 0.4) is 0 Å². The Balaban J connectivity index is 1.91. The average molecular weight is 289 g/mol. The van der Waals surface area contributed by atoms with Gasteiger partial charge in [-0.2, -0.15) is 0 Å². The van der Waals surface area contributed by atoms with Gasteiger partial charge in [0, 0.05) is 36.4 Å². The van der Waals surface area contributed by atoms with Crippen LogP contribution in [0.1, 0.15) is 16.8 Å². The summed E-state index contributed by atoms with van der Waals surface area (Å²) in [6, 6.07) is 13.5. The topological polar surface area (TPSA) is 46.1 Å². The largest absolute Gasteiger partial charge is 0.338 e. The zero-order valence-corrected chi connectivity index (χ0v) is 12.1. The van der Waals surface area contributed by atoms with Crippen molar-refractivity contribution in [1.29, 1.82) is 0 Å². The minimum absolute atomic E-state index is 0.0926. The van der Waals surface area contributed by atoms with E-state index in [4.69, 9.17) is 0 Å². The van der Waals surface area contributed by atoms with Crippen molar-refractivity contribution in [3.8, 4) is 11.3 Å². The molecule has 1 aliphatic heterocycles. The summed E-state index contributed by atoms with van der Waals surface area (Å²) in [5.41, 5.74) is 3.28. The van der Waals surface area contributed by atoms with E-state index in [2.05, 4.69) is 9.97 Å². The third-order valence-electron chi connectivity index (χ3n) is 4.05. The Morgan fingerprint density at radius 2 is 1.95 bits per heavy atom.